The Hall–Kier alpha value is -0.730. The summed E-state index contributed by atoms with van der Waals surface area (Å²) in [6.45, 7) is 2.12. The third kappa shape index (κ3) is 5.05. The molecule has 0 amide bonds. The summed E-state index contributed by atoms with van der Waals surface area (Å²) in [4.78, 5) is 0. The van der Waals surface area contributed by atoms with Gasteiger partial charge in [-0.25, -0.2) is 0 Å². The Bertz CT molecular complexity index is 261. The molecule has 0 saturated carbocycles. The maximum atomic E-state index is 5.85. The van der Waals surface area contributed by atoms with Gasteiger partial charge in [0.05, 0.1) is 7.11 Å². The molecule has 1 aromatic carbocycles. The molecule has 0 radical (unpaired) electrons. The molecule has 0 saturated heterocycles. The monoisotopic (exact) mass is 229 g/mol. The van der Waals surface area contributed by atoms with E-state index in [-0.39, 0.29) is 12.4 Å². The molecular weight excluding hydrogens is 210 g/mol. The molecule has 1 unspecified atom stereocenters. The van der Waals surface area contributed by atoms with E-state index in [1.54, 1.807) is 7.11 Å². The fraction of sp³-hybridized carbons (Fsp3) is 0.500. The van der Waals surface area contributed by atoms with Crippen LogP contribution in [-0.4, -0.2) is 13.2 Å². The van der Waals surface area contributed by atoms with Crippen molar-refractivity contribution >= 4 is 12.4 Å². The molecule has 0 aliphatic heterocycles. The quantitative estimate of drug-likeness (QED) is 0.843. The Morgan fingerprint density at radius 2 is 1.87 bits per heavy atom. The van der Waals surface area contributed by atoms with Crippen LogP contribution in [0.5, 0.6) is 5.75 Å². The molecule has 0 aliphatic rings. The number of aryl methyl sites for hydroxylation is 1. The number of methoxy groups -OCH3 is 1. The summed E-state index contributed by atoms with van der Waals surface area (Å²) < 4.78 is 5.09. The van der Waals surface area contributed by atoms with Gasteiger partial charge in [0.15, 0.2) is 0 Å². The largest absolute Gasteiger partial charge is 0.497 e. The molecule has 2 N–H and O–H groups in total. The lowest BCUT2D eigenvalue weighted by Crippen LogP contribution is -2.18. The molecule has 0 aliphatic carbocycles. The van der Waals surface area contributed by atoms with Crippen molar-refractivity contribution in [1.82, 2.24) is 0 Å². The summed E-state index contributed by atoms with van der Waals surface area (Å²) >= 11 is 0. The smallest absolute Gasteiger partial charge is 0.118 e. The maximum absolute atomic E-state index is 5.85. The van der Waals surface area contributed by atoms with Gasteiger partial charge in [-0.3, -0.25) is 0 Å². The molecule has 0 spiro atoms. The van der Waals surface area contributed by atoms with E-state index in [1.165, 1.54) is 5.56 Å². The molecule has 86 valence electrons. The number of rotatable bonds is 5. The molecule has 1 rings (SSSR count). The van der Waals surface area contributed by atoms with Crippen LogP contribution < -0.4 is 10.5 Å². The number of benzene rings is 1. The predicted octanol–water partition coefficient (Wildman–Crippen LogP) is 2.79. The van der Waals surface area contributed by atoms with Gasteiger partial charge in [0.1, 0.15) is 5.75 Å². The zero-order chi connectivity index (χ0) is 10.4. The third-order valence-corrected chi connectivity index (χ3v) is 2.49. The Labute approximate surface area is 98.2 Å². The van der Waals surface area contributed by atoms with E-state index in [9.17, 15) is 0 Å². The highest BCUT2D eigenvalue weighted by molar-refractivity contribution is 5.85. The van der Waals surface area contributed by atoms with Gasteiger partial charge in [-0.1, -0.05) is 19.1 Å². The number of nitrogens with two attached hydrogens (primary N) is 1. The summed E-state index contributed by atoms with van der Waals surface area (Å²) in [6.07, 6.45) is 3.16. The fourth-order valence-electron chi connectivity index (χ4n) is 1.35. The Kier molecular flexibility index (Phi) is 7.18. The average Bonchev–Trinajstić information content (AvgIpc) is 2.26. The first kappa shape index (κ1) is 14.3. The van der Waals surface area contributed by atoms with Gasteiger partial charge in [0.25, 0.3) is 0 Å². The zero-order valence-electron chi connectivity index (χ0n) is 9.40. The second-order valence-corrected chi connectivity index (χ2v) is 3.56. The van der Waals surface area contributed by atoms with Gasteiger partial charge in [0, 0.05) is 6.04 Å². The van der Waals surface area contributed by atoms with Crippen molar-refractivity contribution in [2.75, 3.05) is 7.11 Å². The minimum atomic E-state index is 0. The number of hydrogen-bond acceptors (Lipinski definition) is 2. The third-order valence-electron chi connectivity index (χ3n) is 2.49. The lowest BCUT2D eigenvalue weighted by molar-refractivity contribution is 0.414. The highest BCUT2D eigenvalue weighted by Gasteiger charge is 2.00. The van der Waals surface area contributed by atoms with Crippen molar-refractivity contribution in [3.63, 3.8) is 0 Å². The molecule has 1 atom stereocenters. The minimum Gasteiger partial charge on any atom is -0.497 e. The Morgan fingerprint density at radius 3 is 2.33 bits per heavy atom. The van der Waals surface area contributed by atoms with Gasteiger partial charge < -0.3 is 10.5 Å². The SMILES string of the molecule is CCC(N)CCc1ccc(OC)cc1.Cl. The van der Waals surface area contributed by atoms with E-state index in [0.717, 1.165) is 25.0 Å². The average molecular weight is 230 g/mol. The van der Waals surface area contributed by atoms with E-state index in [2.05, 4.69) is 19.1 Å². The van der Waals surface area contributed by atoms with Gasteiger partial charge >= 0.3 is 0 Å². The van der Waals surface area contributed by atoms with Crippen molar-refractivity contribution in [3.05, 3.63) is 29.8 Å². The summed E-state index contributed by atoms with van der Waals surface area (Å²) in [7, 11) is 1.68. The molecule has 0 fully saturated rings. The van der Waals surface area contributed by atoms with Gasteiger partial charge in [-0.2, -0.15) is 0 Å². The van der Waals surface area contributed by atoms with Gasteiger partial charge in [-0.05, 0) is 37.0 Å². The van der Waals surface area contributed by atoms with Crippen LogP contribution >= 0.6 is 12.4 Å². The standard InChI is InChI=1S/C12H19NO.ClH/c1-3-11(13)7-4-10-5-8-12(14-2)9-6-10;/h5-6,8-9,11H,3-4,7,13H2,1-2H3;1H. The van der Waals surface area contributed by atoms with Crippen molar-refractivity contribution in [3.8, 4) is 5.75 Å². The van der Waals surface area contributed by atoms with Gasteiger partial charge in [0.2, 0.25) is 0 Å². The molecular formula is C12H20ClNO. The second-order valence-electron chi connectivity index (χ2n) is 3.56. The Morgan fingerprint density at radius 1 is 1.27 bits per heavy atom. The lowest BCUT2D eigenvalue weighted by atomic mass is 10.0. The first-order valence-electron chi connectivity index (χ1n) is 5.14. The van der Waals surface area contributed by atoms with Crippen LogP contribution in [0.3, 0.4) is 0 Å². The molecule has 0 bridgehead atoms. The van der Waals surface area contributed by atoms with E-state index < -0.39 is 0 Å². The molecule has 0 heterocycles. The van der Waals surface area contributed by atoms with Crippen LogP contribution in [-0.2, 0) is 6.42 Å². The molecule has 3 heteroatoms. The normalized spacial score (nSPS) is 11.7. The Balaban J connectivity index is 0.00000196. The summed E-state index contributed by atoms with van der Waals surface area (Å²) in [5.41, 5.74) is 7.18. The summed E-state index contributed by atoms with van der Waals surface area (Å²) in [5, 5.41) is 0. The van der Waals surface area contributed by atoms with Crippen LogP contribution in [0.25, 0.3) is 0 Å². The van der Waals surface area contributed by atoms with E-state index >= 15 is 0 Å². The van der Waals surface area contributed by atoms with Crippen LogP contribution in [0.2, 0.25) is 0 Å². The molecule has 15 heavy (non-hydrogen) atoms. The maximum Gasteiger partial charge on any atom is 0.118 e. The second kappa shape index (κ2) is 7.55. The van der Waals surface area contributed by atoms with Gasteiger partial charge in [-0.15, -0.1) is 12.4 Å². The number of halogens is 1. The van der Waals surface area contributed by atoms with E-state index in [4.69, 9.17) is 10.5 Å². The minimum absolute atomic E-state index is 0. The highest BCUT2D eigenvalue weighted by Crippen LogP contribution is 2.13. The first-order valence-corrected chi connectivity index (χ1v) is 5.14. The predicted molar refractivity (Wildman–Crippen MR) is 66.8 cm³/mol. The fourth-order valence-corrected chi connectivity index (χ4v) is 1.35. The van der Waals surface area contributed by atoms with Crippen LogP contribution in [0.1, 0.15) is 25.3 Å². The molecule has 0 aromatic heterocycles. The lowest BCUT2D eigenvalue weighted by Gasteiger charge is -2.08. The van der Waals surface area contributed by atoms with Crippen molar-refractivity contribution < 1.29 is 4.74 Å². The van der Waals surface area contributed by atoms with Crippen LogP contribution in [0.15, 0.2) is 24.3 Å². The zero-order valence-corrected chi connectivity index (χ0v) is 10.2. The van der Waals surface area contributed by atoms with E-state index in [1.807, 2.05) is 12.1 Å². The number of ether oxygens (including phenoxy) is 1. The van der Waals surface area contributed by atoms with Crippen molar-refractivity contribution in [1.29, 1.82) is 0 Å². The van der Waals surface area contributed by atoms with Crippen molar-refractivity contribution in [2.45, 2.75) is 32.2 Å². The highest BCUT2D eigenvalue weighted by atomic mass is 35.5. The van der Waals surface area contributed by atoms with Crippen LogP contribution in [0.4, 0.5) is 0 Å². The summed E-state index contributed by atoms with van der Waals surface area (Å²) in [5.74, 6) is 0.911. The molecule has 2 nitrogen and oxygen atoms in total. The number of hydrogen-bond donors (Lipinski definition) is 1. The molecule has 1 aromatic rings. The van der Waals surface area contributed by atoms with E-state index in [0.29, 0.717) is 6.04 Å². The van der Waals surface area contributed by atoms with Crippen LogP contribution in [0, 0.1) is 0 Å². The first-order chi connectivity index (χ1) is 6.76. The summed E-state index contributed by atoms with van der Waals surface area (Å²) in [6, 6.07) is 8.51. The topological polar surface area (TPSA) is 35.2 Å². The van der Waals surface area contributed by atoms with Crippen molar-refractivity contribution in [2.24, 2.45) is 5.73 Å².